The Morgan fingerprint density at radius 3 is 2.92 bits per heavy atom. The van der Waals surface area contributed by atoms with Crippen molar-refractivity contribution in [3.8, 4) is 0 Å². The maximum atomic E-state index is 5.25. The highest BCUT2D eigenvalue weighted by molar-refractivity contribution is 7.10. The van der Waals surface area contributed by atoms with Gasteiger partial charge < -0.3 is 10.1 Å². The molecule has 1 aliphatic rings. The van der Waals surface area contributed by atoms with E-state index in [1.54, 1.807) is 12.0 Å². The molecule has 0 atom stereocenters. The average Bonchev–Trinajstić information content (AvgIpc) is 3.02. The van der Waals surface area contributed by atoms with E-state index < -0.39 is 0 Å². The SMILES string of the molecule is COCc1cc(NCCN2CCc3sccc3C2)nc(C(C)(C)C)n1. The van der Waals surface area contributed by atoms with Gasteiger partial charge in [0.2, 0.25) is 0 Å². The largest absolute Gasteiger partial charge is 0.378 e. The molecule has 0 aliphatic carbocycles. The highest BCUT2D eigenvalue weighted by Crippen LogP contribution is 2.24. The fourth-order valence-corrected chi connectivity index (χ4v) is 3.87. The fraction of sp³-hybridized carbons (Fsp3) is 0.579. The van der Waals surface area contributed by atoms with Crippen LogP contribution in [0.5, 0.6) is 0 Å². The topological polar surface area (TPSA) is 50.3 Å². The van der Waals surface area contributed by atoms with Crippen LogP contribution < -0.4 is 5.32 Å². The van der Waals surface area contributed by atoms with Gasteiger partial charge in [-0.2, -0.15) is 0 Å². The van der Waals surface area contributed by atoms with Crippen molar-refractivity contribution < 1.29 is 4.74 Å². The Bertz CT molecular complexity index is 708. The van der Waals surface area contributed by atoms with Crippen LogP contribution in [0.15, 0.2) is 17.5 Å². The van der Waals surface area contributed by atoms with Gasteiger partial charge in [-0.1, -0.05) is 20.8 Å². The maximum Gasteiger partial charge on any atom is 0.136 e. The van der Waals surface area contributed by atoms with Crippen molar-refractivity contribution in [1.29, 1.82) is 0 Å². The number of hydrogen-bond acceptors (Lipinski definition) is 6. The van der Waals surface area contributed by atoms with E-state index >= 15 is 0 Å². The minimum Gasteiger partial charge on any atom is -0.378 e. The van der Waals surface area contributed by atoms with E-state index in [0.29, 0.717) is 6.61 Å². The zero-order valence-corrected chi connectivity index (χ0v) is 16.4. The summed E-state index contributed by atoms with van der Waals surface area (Å²) in [5, 5.41) is 5.68. The fourth-order valence-electron chi connectivity index (χ4n) is 2.99. The van der Waals surface area contributed by atoms with Gasteiger partial charge >= 0.3 is 0 Å². The first-order valence-corrected chi connectivity index (χ1v) is 9.72. The molecule has 0 saturated heterocycles. The molecule has 0 spiro atoms. The number of nitrogens with one attached hydrogen (secondary N) is 1. The summed E-state index contributed by atoms with van der Waals surface area (Å²) >= 11 is 1.89. The Kier molecular flexibility index (Phi) is 5.71. The number of ether oxygens (including phenoxy) is 1. The maximum absolute atomic E-state index is 5.25. The summed E-state index contributed by atoms with van der Waals surface area (Å²) in [7, 11) is 1.70. The number of rotatable bonds is 6. The van der Waals surface area contributed by atoms with E-state index in [0.717, 1.165) is 43.5 Å². The predicted octanol–water partition coefficient (Wildman–Crippen LogP) is 3.45. The zero-order valence-electron chi connectivity index (χ0n) is 15.6. The Labute approximate surface area is 154 Å². The number of thiophene rings is 1. The van der Waals surface area contributed by atoms with Crippen LogP contribution in [0, 0.1) is 0 Å². The lowest BCUT2D eigenvalue weighted by Crippen LogP contribution is -2.33. The Morgan fingerprint density at radius 1 is 1.32 bits per heavy atom. The zero-order chi connectivity index (χ0) is 17.9. The second-order valence-corrected chi connectivity index (χ2v) is 8.57. The van der Waals surface area contributed by atoms with Crippen LogP contribution in [0.3, 0.4) is 0 Å². The van der Waals surface area contributed by atoms with E-state index in [2.05, 4.69) is 47.4 Å². The van der Waals surface area contributed by atoms with Gasteiger partial charge in [0.05, 0.1) is 12.3 Å². The Hall–Kier alpha value is -1.50. The molecule has 0 aromatic carbocycles. The predicted molar refractivity (Wildman–Crippen MR) is 103 cm³/mol. The van der Waals surface area contributed by atoms with Gasteiger partial charge in [0, 0.05) is 49.6 Å². The molecule has 1 aliphatic heterocycles. The molecule has 5 nitrogen and oxygen atoms in total. The molecule has 0 saturated carbocycles. The van der Waals surface area contributed by atoms with E-state index in [1.165, 1.54) is 12.0 Å². The lowest BCUT2D eigenvalue weighted by Gasteiger charge is -2.27. The van der Waals surface area contributed by atoms with Crippen LogP contribution in [0.1, 0.15) is 42.7 Å². The first-order chi connectivity index (χ1) is 12.0. The molecule has 2 aromatic rings. The van der Waals surface area contributed by atoms with Crippen molar-refractivity contribution >= 4 is 17.2 Å². The highest BCUT2D eigenvalue weighted by atomic mass is 32.1. The normalized spacial score (nSPS) is 15.2. The van der Waals surface area contributed by atoms with Crippen LogP contribution >= 0.6 is 11.3 Å². The summed E-state index contributed by atoms with van der Waals surface area (Å²) in [6.45, 7) is 11.0. The molecule has 0 amide bonds. The summed E-state index contributed by atoms with van der Waals surface area (Å²) in [4.78, 5) is 13.4. The molecule has 6 heteroatoms. The first kappa shape index (κ1) is 18.3. The van der Waals surface area contributed by atoms with Crippen molar-refractivity contribution in [2.24, 2.45) is 0 Å². The van der Waals surface area contributed by atoms with E-state index in [-0.39, 0.29) is 5.41 Å². The summed E-state index contributed by atoms with van der Waals surface area (Å²) in [5.41, 5.74) is 2.34. The van der Waals surface area contributed by atoms with Crippen molar-refractivity contribution in [1.82, 2.24) is 14.9 Å². The second-order valence-electron chi connectivity index (χ2n) is 7.57. The number of aromatic nitrogens is 2. The van der Waals surface area contributed by atoms with Crippen molar-refractivity contribution in [3.63, 3.8) is 0 Å². The summed E-state index contributed by atoms with van der Waals surface area (Å²) in [6.07, 6.45) is 1.17. The van der Waals surface area contributed by atoms with Crippen LogP contribution in [-0.2, 0) is 29.7 Å². The molecule has 1 N–H and O–H groups in total. The second kappa shape index (κ2) is 7.81. The first-order valence-electron chi connectivity index (χ1n) is 8.84. The molecule has 25 heavy (non-hydrogen) atoms. The summed E-state index contributed by atoms with van der Waals surface area (Å²) in [6, 6.07) is 4.25. The lowest BCUT2D eigenvalue weighted by molar-refractivity contribution is 0.181. The van der Waals surface area contributed by atoms with Gasteiger partial charge in [-0.25, -0.2) is 9.97 Å². The van der Waals surface area contributed by atoms with Gasteiger partial charge in [0.1, 0.15) is 11.6 Å². The third kappa shape index (κ3) is 4.77. The highest BCUT2D eigenvalue weighted by Gasteiger charge is 2.20. The molecule has 0 fully saturated rings. The molecule has 0 unspecified atom stereocenters. The minimum atomic E-state index is -0.0810. The minimum absolute atomic E-state index is 0.0810. The number of fused-ring (bicyclic) bond motifs is 1. The third-order valence-corrected chi connectivity index (χ3v) is 5.39. The van der Waals surface area contributed by atoms with Crippen molar-refractivity contribution in [2.75, 3.05) is 32.1 Å². The smallest absolute Gasteiger partial charge is 0.136 e. The van der Waals surface area contributed by atoms with Gasteiger partial charge in [-0.3, -0.25) is 4.90 Å². The van der Waals surface area contributed by atoms with E-state index in [9.17, 15) is 0 Å². The van der Waals surface area contributed by atoms with Gasteiger partial charge in [0.15, 0.2) is 0 Å². The molecule has 3 heterocycles. The van der Waals surface area contributed by atoms with E-state index in [1.807, 2.05) is 17.4 Å². The quantitative estimate of drug-likeness (QED) is 0.855. The van der Waals surface area contributed by atoms with Gasteiger partial charge in [0.25, 0.3) is 0 Å². The van der Waals surface area contributed by atoms with Crippen molar-refractivity contribution in [3.05, 3.63) is 39.5 Å². The third-order valence-electron chi connectivity index (χ3n) is 4.36. The average molecular weight is 361 g/mol. The number of anilines is 1. The van der Waals surface area contributed by atoms with Crippen LogP contribution in [0.25, 0.3) is 0 Å². The standard InChI is InChI=1S/C19H28N4OS/c1-19(2,3)18-21-15(13-24-4)11-17(22-18)20-7-9-23-8-5-16-14(12-23)6-10-25-16/h6,10-11H,5,7-9,12-13H2,1-4H3,(H,20,21,22). The van der Waals surface area contributed by atoms with Crippen LogP contribution in [-0.4, -0.2) is 41.6 Å². The Morgan fingerprint density at radius 2 is 2.16 bits per heavy atom. The number of methoxy groups -OCH3 is 1. The van der Waals surface area contributed by atoms with Gasteiger partial charge in [-0.05, 0) is 23.4 Å². The Balaban J connectivity index is 1.60. The molecule has 3 rings (SSSR count). The van der Waals surface area contributed by atoms with Gasteiger partial charge in [-0.15, -0.1) is 11.3 Å². The van der Waals surface area contributed by atoms with E-state index in [4.69, 9.17) is 9.72 Å². The number of nitrogens with zero attached hydrogens (tertiary/aromatic N) is 3. The molecular weight excluding hydrogens is 332 g/mol. The molecule has 0 bridgehead atoms. The summed E-state index contributed by atoms with van der Waals surface area (Å²) < 4.78 is 5.25. The van der Waals surface area contributed by atoms with Crippen LogP contribution in [0.4, 0.5) is 5.82 Å². The molecule has 136 valence electrons. The molecular formula is C19H28N4OS. The molecule has 2 aromatic heterocycles. The van der Waals surface area contributed by atoms with Crippen LogP contribution in [0.2, 0.25) is 0 Å². The summed E-state index contributed by atoms with van der Waals surface area (Å²) in [5.74, 6) is 1.74. The number of hydrogen-bond donors (Lipinski definition) is 1. The monoisotopic (exact) mass is 360 g/mol. The lowest BCUT2D eigenvalue weighted by atomic mass is 9.95. The molecule has 0 radical (unpaired) electrons. The van der Waals surface area contributed by atoms with Crippen molar-refractivity contribution in [2.45, 2.75) is 45.8 Å².